The normalized spacial score (nSPS) is 10.9. The molecule has 0 N–H and O–H groups in total. The van der Waals surface area contributed by atoms with Crippen LogP contribution in [0.25, 0.3) is 0 Å². The van der Waals surface area contributed by atoms with E-state index >= 15 is 0 Å². The quantitative estimate of drug-likeness (QED) is 0.595. The summed E-state index contributed by atoms with van der Waals surface area (Å²) in [4.78, 5) is 11.3. The highest BCUT2D eigenvalue weighted by atomic mass is 127. The highest BCUT2D eigenvalue weighted by Crippen LogP contribution is 2.35. The molecule has 1 aromatic carbocycles. The number of alkyl halides is 3. The minimum absolute atomic E-state index is 0.0758. The summed E-state index contributed by atoms with van der Waals surface area (Å²) in [5, 5.41) is 8.90. The highest BCUT2D eigenvalue weighted by Gasteiger charge is 2.35. The fourth-order valence-electron chi connectivity index (χ4n) is 1.54. The third kappa shape index (κ3) is 4.09. The zero-order valence-corrected chi connectivity index (χ0v) is 12.0. The molecule has 0 aromatic heterocycles. The Morgan fingerprint density at radius 2 is 2.11 bits per heavy atom. The Kier molecular flexibility index (Phi) is 5.17. The average Bonchev–Trinajstić information content (AvgIpc) is 2.29. The maximum absolute atomic E-state index is 12.9. The lowest BCUT2D eigenvalue weighted by molar-refractivity contribution is -0.143. The molecule has 102 valence electrons. The molecule has 3 nitrogen and oxygen atoms in total. The molecule has 0 amide bonds. The molecule has 0 radical (unpaired) electrons. The first kappa shape index (κ1) is 15.8. The SMILES string of the molecule is CCOC(=O)Cc1c(C#N)cc(I)cc1C(F)(F)F. The predicted octanol–water partition coefficient (Wildman–Crippen LogP) is 3.29. The van der Waals surface area contributed by atoms with Gasteiger partial charge in [0.15, 0.2) is 0 Å². The number of esters is 1. The molecule has 0 aliphatic carbocycles. The van der Waals surface area contributed by atoms with E-state index in [0.717, 1.165) is 6.07 Å². The Morgan fingerprint density at radius 1 is 1.47 bits per heavy atom. The smallest absolute Gasteiger partial charge is 0.416 e. The molecule has 0 unspecified atom stereocenters. The Balaban J connectivity index is 3.34. The lowest BCUT2D eigenvalue weighted by Gasteiger charge is -2.14. The van der Waals surface area contributed by atoms with Crippen LogP contribution in [0.4, 0.5) is 13.2 Å². The highest BCUT2D eigenvalue weighted by molar-refractivity contribution is 14.1. The molecule has 0 heterocycles. The van der Waals surface area contributed by atoms with Gasteiger partial charge < -0.3 is 4.74 Å². The van der Waals surface area contributed by atoms with E-state index in [1.54, 1.807) is 35.6 Å². The molecule has 0 saturated carbocycles. The molecule has 1 rings (SSSR count). The summed E-state index contributed by atoms with van der Waals surface area (Å²) < 4.78 is 43.7. The molecular formula is C12H9F3INO2. The van der Waals surface area contributed by atoms with Gasteiger partial charge in [0, 0.05) is 3.57 Å². The first-order valence-corrected chi connectivity index (χ1v) is 6.32. The topological polar surface area (TPSA) is 50.1 Å². The first-order chi connectivity index (χ1) is 8.79. The summed E-state index contributed by atoms with van der Waals surface area (Å²) in [7, 11) is 0. The third-order valence-corrected chi connectivity index (χ3v) is 2.89. The number of hydrogen-bond acceptors (Lipinski definition) is 3. The minimum atomic E-state index is -4.62. The maximum atomic E-state index is 12.9. The van der Waals surface area contributed by atoms with Crippen molar-refractivity contribution in [2.24, 2.45) is 0 Å². The van der Waals surface area contributed by atoms with E-state index in [9.17, 15) is 18.0 Å². The van der Waals surface area contributed by atoms with Gasteiger partial charge in [-0.2, -0.15) is 18.4 Å². The Labute approximate surface area is 121 Å². The predicted molar refractivity (Wildman–Crippen MR) is 69.2 cm³/mol. The van der Waals surface area contributed by atoms with Crippen molar-refractivity contribution in [3.05, 3.63) is 32.4 Å². The molecule has 0 atom stereocenters. The van der Waals surface area contributed by atoms with Crippen LogP contribution in [0.5, 0.6) is 0 Å². The summed E-state index contributed by atoms with van der Waals surface area (Å²) in [6.07, 6.45) is -5.18. The van der Waals surface area contributed by atoms with Gasteiger partial charge in [0.05, 0.1) is 30.2 Å². The second-order valence-corrected chi connectivity index (χ2v) is 4.82. The van der Waals surface area contributed by atoms with Crippen molar-refractivity contribution < 1.29 is 22.7 Å². The van der Waals surface area contributed by atoms with Crippen molar-refractivity contribution >= 4 is 28.6 Å². The minimum Gasteiger partial charge on any atom is -0.466 e. The number of nitrogens with zero attached hydrogens (tertiary/aromatic N) is 1. The van der Waals surface area contributed by atoms with E-state index in [2.05, 4.69) is 4.74 Å². The van der Waals surface area contributed by atoms with Gasteiger partial charge in [-0.25, -0.2) is 0 Å². The number of halogens is 4. The van der Waals surface area contributed by atoms with Gasteiger partial charge in [-0.05, 0) is 47.2 Å². The van der Waals surface area contributed by atoms with Gasteiger partial charge in [0.25, 0.3) is 0 Å². The van der Waals surface area contributed by atoms with Crippen LogP contribution in [-0.2, 0) is 22.1 Å². The molecule has 0 aliphatic heterocycles. The van der Waals surface area contributed by atoms with Crippen molar-refractivity contribution in [1.82, 2.24) is 0 Å². The van der Waals surface area contributed by atoms with E-state index in [-0.39, 0.29) is 21.3 Å². The first-order valence-electron chi connectivity index (χ1n) is 5.25. The Bertz CT molecular complexity index is 535. The summed E-state index contributed by atoms with van der Waals surface area (Å²) in [6, 6.07) is 3.91. The number of rotatable bonds is 3. The van der Waals surface area contributed by atoms with E-state index in [1.807, 2.05) is 0 Å². The molecule has 0 saturated heterocycles. The number of hydrogen-bond donors (Lipinski definition) is 0. The van der Waals surface area contributed by atoms with Crippen molar-refractivity contribution in [1.29, 1.82) is 5.26 Å². The van der Waals surface area contributed by atoms with Gasteiger partial charge in [0.2, 0.25) is 0 Å². The van der Waals surface area contributed by atoms with Crippen LogP contribution >= 0.6 is 22.6 Å². The number of carbonyl (C=O) groups excluding carboxylic acids is 1. The van der Waals surface area contributed by atoms with Crippen molar-refractivity contribution in [3.63, 3.8) is 0 Å². The zero-order valence-electron chi connectivity index (χ0n) is 9.84. The Morgan fingerprint density at radius 3 is 2.58 bits per heavy atom. The number of benzene rings is 1. The molecule has 19 heavy (non-hydrogen) atoms. The molecule has 0 bridgehead atoms. The number of nitriles is 1. The van der Waals surface area contributed by atoms with Crippen molar-refractivity contribution in [3.8, 4) is 6.07 Å². The van der Waals surface area contributed by atoms with E-state index in [1.165, 1.54) is 6.07 Å². The van der Waals surface area contributed by atoms with Crippen LogP contribution < -0.4 is 0 Å². The van der Waals surface area contributed by atoms with Crippen molar-refractivity contribution in [2.45, 2.75) is 19.5 Å². The molecule has 0 spiro atoms. The molecule has 1 aromatic rings. The fourth-order valence-corrected chi connectivity index (χ4v) is 2.16. The summed E-state index contributed by atoms with van der Waals surface area (Å²) in [5.74, 6) is -0.786. The largest absolute Gasteiger partial charge is 0.466 e. The monoisotopic (exact) mass is 383 g/mol. The van der Waals surface area contributed by atoms with Crippen LogP contribution in [0.15, 0.2) is 12.1 Å². The van der Waals surface area contributed by atoms with Crippen LogP contribution in [0.1, 0.15) is 23.6 Å². The second kappa shape index (κ2) is 6.23. The molecular weight excluding hydrogens is 374 g/mol. The van der Waals surface area contributed by atoms with Crippen LogP contribution in [0.3, 0.4) is 0 Å². The van der Waals surface area contributed by atoms with Crippen LogP contribution in [-0.4, -0.2) is 12.6 Å². The molecule has 7 heteroatoms. The van der Waals surface area contributed by atoms with Gasteiger partial charge in [-0.3, -0.25) is 4.79 Å². The second-order valence-electron chi connectivity index (χ2n) is 3.57. The summed E-state index contributed by atoms with van der Waals surface area (Å²) in [6.45, 7) is 1.63. The summed E-state index contributed by atoms with van der Waals surface area (Å²) in [5.41, 5.74) is -1.47. The van der Waals surface area contributed by atoms with Crippen LogP contribution in [0.2, 0.25) is 0 Å². The van der Waals surface area contributed by atoms with E-state index in [0.29, 0.717) is 0 Å². The third-order valence-electron chi connectivity index (χ3n) is 2.27. The summed E-state index contributed by atoms with van der Waals surface area (Å²) >= 11 is 1.69. The fraction of sp³-hybridized carbons (Fsp3) is 0.333. The lowest BCUT2D eigenvalue weighted by Crippen LogP contribution is -2.16. The number of ether oxygens (including phenoxy) is 1. The lowest BCUT2D eigenvalue weighted by atomic mass is 9.98. The Hall–Kier alpha value is -1.30. The van der Waals surface area contributed by atoms with E-state index < -0.39 is 24.1 Å². The van der Waals surface area contributed by atoms with Gasteiger partial charge in [-0.15, -0.1) is 0 Å². The van der Waals surface area contributed by atoms with Gasteiger partial charge in [-0.1, -0.05) is 0 Å². The van der Waals surface area contributed by atoms with Gasteiger partial charge in [0.1, 0.15) is 0 Å². The van der Waals surface area contributed by atoms with E-state index in [4.69, 9.17) is 5.26 Å². The average molecular weight is 383 g/mol. The molecule has 0 fully saturated rings. The molecule has 0 aliphatic rings. The maximum Gasteiger partial charge on any atom is 0.416 e. The number of carbonyl (C=O) groups is 1. The van der Waals surface area contributed by atoms with Gasteiger partial charge >= 0.3 is 12.1 Å². The standard InChI is InChI=1S/C12H9F3INO2/c1-2-19-11(18)5-9-7(6-17)3-8(16)4-10(9)12(13,14)15/h3-4H,2,5H2,1H3. The zero-order chi connectivity index (χ0) is 14.6. The van der Waals surface area contributed by atoms with Crippen LogP contribution in [0, 0.1) is 14.9 Å². The van der Waals surface area contributed by atoms with Crippen molar-refractivity contribution in [2.75, 3.05) is 6.61 Å².